The van der Waals surface area contributed by atoms with E-state index < -0.39 is 10.9 Å². The Labute approximate surface area is 123 Å². The molecule has 21 heavy (non-hydrogen) atoms. The van der Waals surface area contributed by atoms with Gasteiger partial charge in [-0.3, -0.25) is 4.79 Å². The molecule has 1 rings (SSSR count). The van der Waals surface area contributed by atoms with Crippen LogP contribution in [-0.2, 0) is 4.79 Å². The van der Waals surface area contributed by atoms with Crippen molar-refractivity contribution in [2.24, 2.45) is 11.8 Å². The molecular weight excluding hydrogens is 274 g/mol. The van der Waals surface area contributed by atoms with E-state index in [-0.39, 0.29) is 12.2 Å². The van der Waals surface area contributed by atoms with Crippen molar-refractivity contribution >= 4 is 17.5 Å². The molecule has 7 nitrogen and oxygen atoms in total. The van der Waals surface area contributed by atoms with Crippen LogP contribution in [0.2, 0.25) is 0 Å². The van der Waals surface area contributed by atoms with Crippen molar-refractivity contribution in [2.75, 3.05) is 11.9 Å². The van der Waals surface area contributed by atoms with Gasteiger partial charge in [0.15, 0.2) is 6.20 Å². The van der Waals surface area contributed by atoms with E-state index in [0.29, 0.717) is 24.8 Å². The number of anilines is 1. The van der Waals surface area contributed by atoms with Crippen LogP contribution in [0.25, 0.3) is 0 Å². The van der Waals surface area contributed by atoms with Gasteiger partial charge < -0.3 is 20.5 Å². The van der Waals surface area contributed by atoms with Gasteiger partial charge in [0.2, 0.25) is 0 Å². The number of carboxylic acids is 1. The van der Waals surface area contributed by atoms with Gasteiger partial charge in [0.25, 0.3) is 0 Å². The maximum atomic E-state index is 10.6. The molecule has 0 aliphatic rings. The largest absolute Gasteiger partial charge is 0.481 e. The van der Waals surface area contributed by atoms with Gasteiger partial charge in [0, 0.05) is 19.0 Å². The Bertz CT molecular complexity index is 474. The highest BCUT2D eigenvalue weighted by molar-refractivity contribution is 5.66. The first-order chi connectivity index (χ1) is 9.90. The second-order valence-corrected chi connectivity index (χ2v) is 5.31. The average Bonchev–Trinajstić information content (AvgIpc) is 2.42. The predicted octanol–water partition coefficient (Wildman–Crippen LogP) is 2.93. The molecule has 7 heteroatoms. The maximum Gasteiger partial charge on any atom is 0.363 e. The van der Waals surface area contributed by atoms with Crippen molar-refractivity contribution < 1.29 is 14.8 Å². The minimum atomic E-state index is -0.770. The van der Waals surface area contributed by atoms with Gasteiger partial charge in [0.1, 0.15) is 0 Å². The van der Waals surface area contributed by atoms with E-state index >= 15 is 0 Å². The molecule has 0 saturated carbocycles. The van der Waals surface area contributed by atoms with Crippen molar-refractivity contribution in [3.63, 3.8) is 0 Å². The highest BCUT2D eigenvalue weighted by Crippen LogP contribution is 2.21. The molecule has 1 aromatic heterocycles. The highest BCUT2D eigenvalue weighted by Gasteiger charge is 2.15. The summed E-state index contributed by atoms with van der Waals surface area (Å²) in [5, 5.41) is 22.4. The zero-order chi connectivity index (χ0) is 15.8. The molecule has 0 aliphatic carbocycles. The Morgan fingerprint density at radius 1 is 1.43 bits per heavy atom. The lowest BCUT2D eigenvalue weighted by Gasteiger charge is -2.20. The van der Waals surface area contributed by atoms with Crippen molar-refractivity contribution in [1.82, 2.24) is 4.98 Å². The second kappa shape index (κ2) is 8.18. The number of pyridine rings is 1. The van der Waals surface area contributed by atoms with Crippen LogP contribution in [0.5, 0.6) is 0 Å². The van der Waals surface area contributed by atoms with Crippen LogP contribution in [0.15, 0.2) is 18.3 Å². The third kappa shape index (κ3) is 6.20. The molecule has 0 bridgehead atoms. The molecule has 0 aromatic carbocycles. The number of aromatic nitrogens is 1. The monoisotopic (exact) mass is 295 g/mol. The van der Waals surface area contributed by atoms with Crippen molar-refractivity contribution in [1.29, 1.82) is 0 Å². The van der Waals surface area contributed by atoms with E-state index in [1.165, 1.54) is 12.3 Å². The fourth-order valence-corrected chi connectivity index (χ4v) is 2.12. The molecule has 1 heterocycles. The van der Waals surface area contributed by atoms with Crippen LogP contribution in [0.4, 0.5) is 11.5 Å². The zero-order valence-electron chi connectivity index (χ0n) is 12.3. The topological polar surface area (TPSA) is 105 Å². The normalized spacial score (nSPS) is 12.1. The van der Waals surface area contributed by atoms with E-state index in [4.69, 9.17) is 5.11 Å². The van der Waals surface area contributed by atoms with Crippen molar-refractivity contribution in [3.05, 3.63) is 28.4 Å². The van der Waals surface area contributed by atoms with Gasteiger partial charge in [-0.2, -0.15) is 0 Å². The fraction of sp³-hybridized carbons (Fsp3) is 0.571. The summed E-state index contributed by atoms with van der Waals surface area (Å²) in [6.45, 7) is 4.85. The van der Waals surface area contributed by atoms with E-state index in [1.807, 2.05) is 0 Å². The summed E-state index contributed by atoms with van der Waals surface area (Å²) in [7, 11) is 0. The van der Waals surface area contributed by atoms with Gasteiger partial charge in [-0.1, -0.05) is 13.8 Å². The number of carboxylic acid groups (broad SMARTS) is 1. The molecule has 0 spiro atoms. The summed E-state index contributed by atoms with van der Waals surface area (Å²) in [6, 6.07) is 2.97. The third-order valence-corrected chi connectivity index (χ3v) is 3.45. The molecule has 1 unspecified atom stereocenters. The lowest BCUT2D eigenvalue weighted by Crippen LogP contribution is -2.15. The molecule has 116 valence electrons. The van der Waals surface area contributed by atoms with E-state index in [9.17, 15) is 14.9 Å². The average molecular weight is 295 g/mol. The van der Waals surface area contributed by atoms with E-state index in [2.05, 4.69) is 24.1 Å². The molecule has 0 fully saturated rings. The Balaban J connectivity index is 2.42. The molecule has 2 N–H and O–H groups in total. The Morgan fingerprint density at radius 2 is 2.14 bits per heavy atom. The Morgan fingerprint density at radius 3 is 2.62 bits per heavy atom. The quantitative estimate of drug-likeness (QED) is 0.536. The zero-order valence-corrected chi connectivity index (χ0v) is 12.3. The van der Waals surface area contributed by atoms with Crippen LogP contribution in [0.1, 0.15) is 33.1 Å². The molecule has 0 saturated heterocycles. The molecular formula is C14H21N3O4. The van der Waals surface area contributed by atoms with Crippen LogP contribution in [-0.4, -0.2) is 27.5 Å². The summed E-state index contributed by atoms with van der Waals surface area (Å²) >= 11 is 0. The van der Waals surface area contributed by atoms with Gasteiger partial charge in [0.05, 0.1) is 5.69 Å². The summed E-state index contributed by atoms with van der Waals surface area (Å²) in [5.74, 6) is -0.198. The van der Waals surface area contributed by atoms with E-state index in [0.717, 1.165) is 12.1 Å². The highest BCUT2D eigenvalue weighted by atomic mass is 16.6. The minimum Gasteiger partial charge on any atom is -0.481 e. The third-order valence-electron chi connectivity index (χ3n) is 3.45. The van der Waals surface area contributed by atoms with Crippen LogP contribution >= 0.6 is 0 Å². The fourth-order valence-electron chi connectivity index (χ4n) is 2.12. The summed E-state index contributed by atoms with van der Waals surface area (Å²) in [5.41, 5.74) is 0.723. The number of hydrogen-bond acceptors (Lipinski definition) is 5. The van der Waals surface area contributed by atoms with E-state index in [1.54, 1.807) is 6.07 Å². The Hall–Kier alpha value is -2.18. The summed E-state index contributed by atoms with van der Waals surface area (Å²) in [6.07, 6.45) is 3.12. The smallest absolute Gasteiger partial charge is 0.363 e. The number of nitro groups is 1. The lowest BCUT2D eigenvalue weighted by molar-refractivity contribution is -0.389. The first-order valence-electron chi connectivity index (χ1n) is 6.96. The SMILES string of the molecule is CC(C)C(CCNc1ccc([N+](=O)[O-])nc1)CCC(=O)O. The number of aliphatic carboxylic acids is 1. The van der Waals surface area contributed by atoms with Crippen LogP contribution < -0.4 is 5.32 Å². The number of hydrogen-bond donors (Lipinski definition) is 2. The van der Waals surface area contributed by atoms with Crippen molar-refractivity contribution in [2.45, 2.75) is 33.1 Å². The molecule has 1 aromatic rings. The van der Waals surface area contributed by atoms with Gasteiger partial charge in [-0.25, -0.2) is 0 Å². The molecule has 0 amide bonds. The standard InChI is InChI=1S/C14H21N3O4/c1-10(2)11(3-6-14(18)19)7-8-15-12-4-5-13(16-9-12)17(20)21/h4-5,9-11,15H,3,6-8H2,1-2H3,(H,18,19). The van der Waals surface area contributed by atoms with Gasteiger partial charge >= 0.3 is 11.8 Å². The summed E-state index contributed by atoms with van der Waals surface area (Å²) < 4.78 is 0. The predicted molar refractivity (Wildman–Crippen MR) is 79.2 cm³/mol. The summed E-state index contributed by atoms with van der Waals surface area (Å²) in [4.78, 5) is 24.3. The molecule has 1 atom stereocenters. The number of nitrogens with one attached hydrogen (secondary N) is 1. The van der Waals surface area contributed by atoms with Gasteiger partial charge in [-0.15, -0.1) is 0 Å². The van der Waals surface area contributed by atoms with Crippen LogP contribution in [0, 0.1) is 22.0 Å². The Kier molecular flexibility index (Phi) is 6.58. The molecule has 0 radical (unpaired) electrons. The van der Waals surface area contributed by atoms with Gasteiger partial charge in [-0.05, 0) is 40.7 Å². The minimum absolute atomic E-state index is 0.179. The van der Waals surface area contributed by atoms with Crippen molar-refractivity contribution in [3.8, 4) is 0 Å². The first kappa shape index (κ1) is 16.9. The maximum absolute atomic E-state index is 10.6. The van der Waals surface area contributed by atoms with Crippen LogP contribution in [0.3, 0.4) is 0 Å². The number of rotatable bonds is 9. The first-order valence-corrected chi connectivity index (χ1v) is 6.96. The number of carbonyl (C=O) groups is 1. The number of nitrogens with zero attached hydrogens (tertiary/aromatic N) is 2. The molecule has 0 aliphatic heterocycles. The lowest BCUT2D eigenvalue weighted by atomic mass is 9.88. The second-order valence-electron chi connectivity index (χ2n) is 5.31.